The molecule has 0 heterocycles. The minimum atomic E-state index is 1.23. The number of hydrogen-bond acceptors (Lipinski definition) is 0. The van der Waals surface area contributed by atoms with E-state index in [1.165, 1.54) is 88.0 Å². The fraction of sp³-hybridized carbons (Fsp3) is 0. The molecule has 8 aromatic rings. The third kappa shape index (κ3) is 3.24. The SMILES string of the molecule is c1ccc(-c2c(-c3ccccc3)c3c4c(cccc4c2-c2cccc4ccccc24)-c2ccc4ccccc4c2-3)cc1. The first-order chi connectivity index (χ1) is 20.9. The topological polar surface area (TPSA) is 0 Å². The molecule has 194 valence electrons. The van der Waals surface area contributed by atoms with E-state index >= 15 is 0 Å². The van der Waals surface area contributed by atoms with E-state index in [2.05, 4.69) is 158 Å². The van der Waals surface area contributed by atoms with Crippen molar-refractivity contribution >= 4 is 32.3 Å². The number of benzene rings is 8. The van der Waals surface area contributed by atoms with Crippen LogP contribution in [0.2, 0.25) is 0 Å². The maximum atomic E-state index is 2.34. The lowest BCUT2D eigenvalue weighted by molar-refractivity contribution is 1.60. The van der Waals surface area contributed by atoms with E-state index < -0.39 is 0 Å². The molecule has 9 rings (SSSR count). The van der Waals surface area contributed by atoms with E-state index in [1.54, 1.807) is 0 Å². The van der Waals surface area contributed by atoms with Gasteiger partial charge >= 0.3 is 0 Å². The van der Waals surface area contributed by atoms with Crippen LogP contribution in [-0.2, 0) is 0 Å². The quantitative estimate of drug-likeness (QED) is 0.213. The van der Waals surface area contributed by atoms with E-state index in [1.807, 2.05) is 0 Å². The number of hydrogen-bond donors (Lipinski definition) is 0. The fourth-order valence-corrected chi connectivity index (χ4v) is 7.29. The molecule has 0 nitrogen and oxygen atoms in total. The number of rotatable bonds is 3. The Bertz CT molecular complexity index is 2280. The third-order valence-corrected chi connectivity index (χ3v) is 8.99. The minimum Gasteiger partial charge on any atom is -0.0622 e. The maximum Gasteiger partial charge on any atom is -0.000138 e. The predicted octanol–water partition coefficient (Wildman–Crippen LogP) is 11.8. The molecule has 0 saturated carbocycles. The van der Waals surface area contributed by atoms with Crippen LogP contribution in [0.5, 0.6) is 0 Å². The zero-order valence-corrected chi connectivity index (χ0v) is 23.0. The summed E-state index contributed by atoms with van der Waals surface area (Å²) in [4.78, 5) is 0. The standard InChI is InChI=1S/C42H26/c1-3-15-29(16-4-1)37-38(30-17-5-2-6-18-30)42-39-32-21-10-8-14-28(32)25-26-35(39)34-23-12-24-36(41(34)42)40(37)33-22-11-19-27-13-7-9-20-31(27)33/h1-26H. The van der Waals surface area contributed by atoms with Crippen LogP contribution in [-0.4, -0.2) is 0 Å². The molecule has 0 unspecified atom stereocenters. The normalized spacial score (nSPS) is 11.8. The van der Waals surface area contributed by atoms with Crippen LogP contribution >= 0.6 is 0 Å². The molecule has 0 bridgehead atoms. The molecule has 0 N–H and O–H groups in total. The molecule has 0 fully saturated rings. The van der Waals surface area contributed by atoms with Gasteiger partial charge in [0.15, 0.2) is 0 Å². The summed E-state index contributed by atoms with van der Waals surface area (Å²) in [6.45, 7) is 0. The van der Waals surface area contributed by atoms with E-state index in [0.717, 1.165) is 0 Å². The lowest BCUT2D eigenvalue weighted by Crippen LogP contribution is -1.96. The van der Waals surface area contributed by atoms with Gasteiger partial charge in [0, 0.05) is 0 Å². The molecule has 42 heavy (non-hydrogen) atoms. The van der Waals surface area contributed by atoms with Gasteiger partial charge in [-0.05, 0) is 88.0 Å². The van der Waals surface area contributed by atoms with Crippen LogP contribution in [0.25, 0.3) is 88.0 Å². The molecular formula is C42H26. The van der Waals surface area contributed by atoms with Crippen LogP contribution in [0.1, 0.15) is 0 Å². The van der Waals surface area contributed by atoms with Gasteiger partial charge in [-0.1, -0.05) is 158 Å². The summed E-state index contributed by atoms with van der Waals surface area (Å²) in [5.41, 5.74) is 13.0. The van der Waals surface area contributed by atoms with Crippen molar-refractivity contribution in [1.29, 1.82) is 0 Å². The smallest absolute Gasteiger partial charge is 0.000138 e. The van der Waals surface area contributed by atoms with Gasteiger partial charge in [0.05, 0.1) is 0 Å². The first-order valence-electron chi connectivity index (χ1n) is 14.6. The Balaban J connectivity index is 1.59. The third-order valence-electron chi connectivity index (χ3n) is 8.99. The molecule has 0 heteroatoms. The summed E-state index contributed by atoms with van der Waals surface area (Å²) < 4.78 is 0. The van der Waals surface area contributed by atoms with E-state index in [4.69, 9.17) is 0 Å². The summed E-state index contributed by atoms with van der Waals surface area (Å²) in [6, 6.07) is 57.9. The summed E-state index contributed by atoms with van der Waals surface area (Å²) in [5, 5.41) is 7.77. The second kappa shape index (κ2) is 9.03. The van der Waals surface area contributed by atoms with Crippen molar-refractivity contribution in [2.45, 2.75) is 0 Å². The predicted molar refractivity (Wildman–Crippen MR) is 180 cm³/mol. The van der Waals surface area contributed by atoms with Crippen LogP contribution in [0.3, 0.4) is 0 Å². The molecule has 0 saturated heterocycles. The van der Waals surface area contributed by atoms with Crippen molar-refractivity contribution < 1.29 is 0 Å². The monoisotopic (exact) mass is 530 g/mol. The largest absolute Gasteiger partial charge is 0.0622 e. The average molecular weight is 531 g/mol. The highest BCUT2D eigenvalue weighted by Gasteiger charge is 2.31. The molecule has 0 aliphatic heterocycles. The first-order valence-corrected chi connectivity index (χ1v) is 14.6. The highest BCUT2D eigenvalue weighted by atomic mass is 14.3. The highest BCUT2D eigenvalue weighted by Crippen LogP contribution is 2.59. The van der Waals surface area contributed by atoms with E-state index in [9.17, 15) is 0 Å². The zero-order chi connectivity index (χ0) is 27.6. The van der Waals surface area contributed by atoms with Crippen molar-refractivity contribution in [3.05, 3.63) is 158 Å². The van der Waals surface area contributed by atoms with Crippen molar-refractivity contribution in [3.63, 3.8) is 0 Å². The summed E-state index contributed by atoms with van der Waals surface area (Å²) in [5.74, 6) is 0. The second-order valence-electron chi connectivity index (χ2n) is 11.2. The Morgan fingerprint density at radius 2 is 0.762 bits per heavy atom. The lowest BCUT2D eigenvalue weighted by atomic mass is 9.79. The summed E-state index contributed by atoms with van der Waals surface area (Å²) in [7, 11) is 0. The Hall–Kier alpha value is -5.46. The molecule has 1 aliphatic carbocycles. The molecule has 0 amide bonds. The van der Waals surface area contributed by atoms with E-state index in [-0.39, 0.29) is 0 Å². The second-order valence-corrected chi connectivity index (χ2v) is 11.2. The molecule has 0 atom stereocenters. The number of fused-ring (bicyclic) bond motifs is 6. The average Bonchev–Trinajstić information content (AvgIpc) is 3.41. The molecule has 1 aliphatic rings. The van der Waals surface area contributed by atoms with Crippen LogP contribution in [0, 0.1) is 0 Å². The van der Waals surface area contributed by atoms with Crippen LogP contribution in [0.15, 0.2) is 158 Å². The maximum absolute atomic E-state index is 2.34. The summed E-state index contributed by atoms with van der Waals surface area (Å²) >= 11 is 0. The van der Waals surface area contributed by atoms with Gasteiger partial charge in [0.2, 0.25) is 0 Å². The van der Waals surface area contributed by atoms with Crippen molar-refractivity contribution in [2.75, 3.05) is 0 Å². The van der Waals surface area contributed by atoms with Gasteiger partial charge < -0.3 is 0 Å². The van der Waals surface area contributed by atoms with Crippen molar-refractivity contribution in [3.8, 4) is 55.6 Å². The molecule has 8 aromatic carbocycles. The van der Waals surface area contributed by atoms with Gasteiger partial charge in [0.25, 0.3) is 0 Å². The Kier molecular flexibility index (Phi) is 5.00. The van der Waals surface area contributed by atoms with Gasteiger partial charge in [-0.15, -0.1) is 0 Å². The molecule has 0 radical (unpaired) electrons. The Morgan fingerprint density at radius 1 is 0.238 bits per heavy atom. The zero-order valence-electron chi connectivity index (χ0n) is 23.0. The van der Waals surface area contributed by atoms with Crippen molar-refractivity contribution in [1.82, 2.24) is 0 Å². The summed E-state index contributed by atoms with van der Waals surface area (Å²) in [6.07, 6.45) is 0. The minimum absolute atomic E-state index is 1.23. The van der Waals surface area contributed by atoms with Gasteiger partial charge in [-0.3, -0.25) is 0 Å². The lowest BCUT2D eigenvalue weighted by Gasteiger charge is -2.23. The molecule has 0 aromatic heterocycles. The fourth-order valence-electron chi connectivity index (χ4n) is 7.29. The molecule has 0 spiro atoms. The van der Waals surface area contributed by atoms with Gasteiger partial charge in [0.1, 0.15) is 0 Å². The Labute approximate surface area is 245 Å². The Morgan fingerprint density at radius 3 is 1.50 bits per heavy atom. The first kappa shape index (κ1) is 23.3. The van der Waals surface area contributed by atoms with Crippen molar-refractivity contribution in [2.24, 2.45) is 0 Å². The van der Waals surface area contributed by atoms with E-state index in [0.29, 0.717) is 0 Å². The van der Waals surface area contributed by atoms with Gasteiger partial charge in [-0.25, -0.2) is 0 Å². The molecular weight excluding hydrogens is 504 g/mol. The highest BCUT2D eigenvalue weighted by molar-refractivity contribution is 6.30. The van der Waals surface area contributed by atoms with Crippen LogP contribution < -0.4 is 0 Å². The van der Waals surface area contributed by atoms with Crippen LogP contribution in [0.4, 0.5) is 0 Å². The van der Waals surface area contributed by atoms with Gasteiger partial charge in [-0.2, -0.15) is 0 Å².